The number of phenols is 1. The van der Waals surface area contributed by atoms with Crippen molar-refractivity contribution < 1.29 is 22.9 Å². The average Bonchev–Trinajstić information content (AvgIpc) is 2.21. The number of phenolic OH excluding ortho intramolecular Hbond substituents is 1. The number of carbonyl (C=O) groups is 1. The molecule has 0 saturated heterocycles. The van der Waals surface area contributed by atoms with Gasteiger partial charge in [0.15, 0.2) is 5.75 Å². The van der Waals surface area contributed by atoms with Gasteiger partial charge >= 0.3 is 0 Å². The van der Waals surface area contributed by atoms with E-state index in [2.05, 4.69) is 5.32 Å². The molecular formula is C10H10N2O5S. The average molecular weight is 270 g/mol. The summed E-state index contributed by atoms with van der Waals surface area (Å²) in [4.78, 5) is 10.5. The van der Waals surface area contributed by atoms with E-state index in [-0.39, 0.29) is 5.69 Å². The third kappa shape index (κ3) is 3.19. The molecule has 0 aliphatic rings. The SMILES string of the molecule is Cc1cc(NC(=O)CC#N)c(O)c(S(=O)(=O)O)c1. The predicted molar refractivity (Wildman–Crippen MR) is 61.5 cm³/mol. The molecule has 0 spiro atoms. The number of hydrogen-bond donors (Lipinski definition) is 3. The fourth-order valence-electron chi connectivity index (χ4n) is 1.30. The summed E-state index contributed by atoms with van der Waals surface area (Å²) in [6.07, 6.45) is -0.436. The van der Waals surface area contributed by atoms with Gasteiger partial charge in [-0.05, 0) is 24.6 Å². The minimum Gasteiger partial charge on any atom is -0.504 e. The number of anilines is 1. The summed E-state index contributed by atoms with van der Waals surface area (Å²) in [6.45, 7) is 1.52. The van der Waals surface area contributed by atoms with Crippen molar-refractivity contribution in [1.82, 2.24) is 0 Å². The molecule has 8 heteroatoms. The van der Waals surface area contributed by atoms with Crippen molar-refractivity contribution in [1.29, 1.82) is 5.26 Å². The third-order valence-corrected chi connectivity index (χ3v) is 2.88. The second kappa shape index (κ2) is 5.03. The molecule has 0 aromatic heterocycles. The van der Waals surface area contributed by atoms with Crippen LogP contribution in [0.1, 0.15) is 12.0 Å². The highest BCUT2D eigenvalue weighted by Gasteiger charge is 2.20. The zero-order valence-corrected chi connectivity index (χ0v) is 10.2. The van der Waals surface area contributed by atoms with Crippen molar-refractivity contribution in [3.8, 4) is 11.8 Å². The highest BCUT2D eigenvalue weighted by molar-refractivity contribution is 7.86. The molecule has 96 valence electrons. The van der Waals surface area contributed by atoms with E-state index in [0.29, 0.717) is 5.56 Å². The van der Waals surface area contributed by atoms with Gasteiger partial charge in [0.1, 0.15) is 11.3 Å². The molecule has 0 fully saturated rings. The summed E-state index contributed by atoms with van der Waals surface area (Å²) in [5, 5.41) is 20.1. The Morgan fingerprint density at radius 2 is 2.11 bits per heavy atom. The lowest BCUT2D eigenvalue weighted by Gasteiger charge is -2.10. The molecule has 0 unspecified atom stereocenters. The number of nitrogens with zero attached hydrogens (tertiary/aromatic N) is 1. The molecule has 0 saturated carbocycles. The fourth-order valence-corrected chi connectivity index (χ4v) is 1.99. The Balaban J connectivity index is 3.27. The first-order valence-corrected chi connectivity index (χ1v) is 6.17. The van der Waals surface area contributed by atoms with Crippen molar-refractivity contribution in [3.63, 3.8) is 0 Å². The van der Waals surface area contributed by atoms with E-state index in [9.17, 15) is 18.3 Å². The van der Waals surface area contributed by atoms with Crippen LogP contribution in [0.25, 0.3) is 0 Å². The van der Waals surface area contributed by atoms with Gasteiger partial charge in [-0.1, -0.05) is 0 Å². The van der Waals surface area contributed by atoms with Crippen LogP contribution in [0.15, 0.2) is 17.0 Å². The number of hydrogen-bond acceptors (Lipinski definition) is 5. The van der Waals surface area contributed by atoms with Crippen molar-refractivity contribution in [3.05, 3.63) is 17.7 Å². The minimum atomic E-state index is -4.59. The van der Waals surface area contributed by atoms with E-state index in [1.165, 1.54) is 13.0 Å². The van der Waals surface area contributed by atoms with E-state index in [1.54, 1.807) is 6.07 Å². The van der Waals surface area contributed by atoms with Gasteiger partial charge in [0.05, 0.1) is 11.8 Å². The van der Waals surface area contributed by atoms with Gasteiger partial charge in [0.25, 0.3) is 10.1 Å². The quantitative estimate of drug-likeness (QED) is 0.550. The number of aromatic hydroxyl groups is 1. The van der Waals surface area contributed by atoms with Crippen LogP contribution in [0.3, 0.4) is 0 Å². The monoisotopic (exact) mass is 270 g/mol. The Morgan fingerprint density at radius 1 is 1.50 bits per heavy atom. The first kappa shape index (κ1) is 14.0. The molecule has 0 atom stereocenters. The molecule has 7 nitrogen and oxygen atoms in total. The Morgan fingerprint density at radius 3 is 2.61 bits per heavy atom. The van der Waals surface area contributed by atoms with Gasteiger partial charge in [-0.25, -0.2) is 0 Å². The van der Waals surface area contributed by atoms with Crippen molar-refractivity contribution >= 4 is 21.7 Å². The standard InChI is InChI=1S/C10H10N2O5S/c1-6-4-7(12-9(13)2-3-11)10(14)8(5-6)18(15,16)17/h4-5,14H,2H2,1H3,(H,12,13)(H,15,16,17). The van der Waals surface area contributed by atoms with Gasteiger partial charge in [0, 0.05) is 0 Å². The van der Waals surface area contributed by atoms with E-state index in [1.807, 2.05) is 0 Å². The molecule has 18 heavy (non-hydrogen) atoms. The molecule has 0 heterocycles. The second-order valence-electron chi connectivity index (χ2n) is 3.52. The van der Waals surface area contributed by atoms with Crippen LogP contribution >= 0.6 is 0 Å². The van der Waals surface area contributed by atoms with Gasteiger partial charge in [-0.15, -0.1) is 0 Å². The molecule has 0 radical (unpaired) electrons. The Bertz CT molecular complexity index is 630. The molecule has 0 aliphatic carbocycles. The zero-order valence-electron chi connectivity index (χ0n) is 9.34. The van der Waals surface area contributed by atoms with Crippen LogP contribution in [0, 0.1) is 18.3 Å². The van der Waals surface area contributed by atoms with Gasteiger partial charge in [0.2, 0.25) is 5.91 Å². The van der Waals surface area contributed by atoms with E-state index in [0.717, 1.165) is 6.07 Å². The molecule has 0 aliphatic heterocycles. The fraction of sp³-hybridized carbons (Fsp3) is 0.200. The van der Waals surface area contributed by atoms with Crippen LogP contribution in [-0.4, -0.2) is 24.0 Å². The van der Waals surface area contributed by atoms with Crippen molar-refractivity contribution in [2.24, 2.45) is 0 Å². The number of rotatable bonds is 3. The van der Waals surface area contributed by atoms with Crippen LogP contribution in [0.5, 0.6) is 5.75 Å². The highest BCUT2D eigenvalue weighted by Crippen LogP contribution is 2.32. The van der Waals surface area contributed by atoms with Gasteiger partial charge in [-0.2, -0.15) is 13.7 Å². The lowest BCUT2D eigenvalue weighted by Crippen LogP contribution is -2.11. The van der Waals surface area contributed by atoms with Gasteiger partial charge in [-0.3, -0.25) is 9.35 Å². The summed E-state index contributed by atoms with van der Waals surface area (Å²) >= 11 is 0. The van der Waals surface area contributed by atoms with Crippen LogP contribution in [-0.2, 0) is 14.9 Å². The summed E-state index contributed by atoms with van der Waals surface area (Å²) in [7, 11) is -4.59. The van der Waals surface area contributed by atoms with E-state index < -0.39 is 33.1 Å². The summed E-state index contributed by atoms with van der Waals surface area (Å²) in [5.74, 6) is -1.46. The van der Waals surface area contributed by atoms with Crippen molar-refractivity contribution in [2.75, 3.05) is 5.32 Å². The largest absolute Gasteiger partial charge is 0.504 e. The molecular weight excluding hydrogens is 260 g/mol. The number of amides is 1. The predicted octanol–water partition coefficient (Wildman–Crippen LogP) is 0.799. The first-order chi connectivity index (χ1) is 8.25. The Hall–Kier alpha value is -2.11. The smallest absolute Gasteiger partial charge is 0.298 e. The number of carbonyl (C=O) groups excluding carboxylic acids is 1. The summed E-state index contributed by atoms with van der Waals surface area (Å²) in [5.41, 5.74) is 0.232. The van der Waals surface area contributed by atoms with Crippen LogP contribution in [0.4, 0.5) is 5.69 Å². The zero-order chi connectivity index (χ0) is 13.9. The van der Waals surface area contributed by atoms with Gasteiger partial charge < -0.3 is 10.4 Å². The minimum absolute atomic E-state index is 0.178. The van der Waals surface area contributed by atoms with E-state index >= 15 is 0 Å². The molecule has 1 rings (SSSR count). The molecule has 0 bridgehead atoms. The number of nitrogens with one attached hydrogen (secondary N) is 1. The van der Waals surface area contributed by atoms with Crippen LogP contribution in [0.2, 0.25) is 0 Å². The lowest BCUT2D eigenvalue weighted by molar-refractivity contribution is -0.115. The topological polar surface area (TPSA) is 127 Å². The molecule has 3 N–H and O–H groups in total. The maximum absolute atomic E-state index is 11.2. The van der Waals surface area contributed by atoms with E-state index in [4.69, 9.17) is 9.81 Å². The maximum atomic E-state index is 11.2. The summed E-state index contributed by atoms with van der Waals surface area (Å²) < 4.78 is 30.9. The molecule has 1 aromatic rings. The molecule has 1 amide bonds. The second-order valence-corrected chi connectivity index (χ2v) is 4.91. The number of aryl methyl sites for hydroxylation is 1. The number of benzene rings is 1. The highest BCUT2D eigenvalue weighted by atomic mass is 32.2. The normalized spacial score (nSPS) is 10.7. The first-order valence-electron chi connectivity index (χ1n) is 4.73. The maximum Gasteiger partial charge on any atom is 0.298 e. The molecule has 1 aromatic carbocycles. The lowest BCUT2D eigenvalue weighted by atomic mass is 10.2. The Labute approximate surface area is 103 Å². The third-order valence-electron chi connectivity index (χ3n) is 2.01. The number of nitriles is 1. The van der Waals surface area contributed by atoms with Crippen LogP contribution < -0.4 is 5.32 Å². The van der Waals surface area contributed by atoms with Crippen molar-refractivity contribution in [2.45, 2.75) is 18.2 Å². The Kier molecular flexibility index (Phi) is 3.90. The summed E-state index contributed by atoms with van der Waals surface area (Å²) in [6, 6.07) is 3.98.